The van der Waals surface area contributed by atoms with E-state index in [0.29, 0.717) is 4.47 Å². The van der Waals surface area contributed by atoms with E-state index in [-0.39, 0.29) is 28.2 Å². The molecule has 0 saturated heterocycles. The second kappa shape index (κ2) is 5.52. The maximum absolute atomic E-state index is 8.94. The van der Waals surface area contributed by atoms with E-state index in [1.54, 1.807) is 12.1 Å². The van der Waals surface area contributed by atoms with Crippen molar-refractivity contribution in [2.75, 3.05) is 0 Å². The van der Waals surface area contributed by atoms with E-state index in [0.717, 1.165) is 0 Å². The second-order valence-corrected chi connectivity index (χ2v) is 4.23. The largest absolute Gasteiger partial charge is 0.370 e. The van der Waals surface area contributed by atoms with Gasteiger partial charge in [0, 0.05) is 4.47 Å². The Balaban J connectivity index is 3.33. The number of hydrogen-bond donors (Lipinski definition) is 3. The maximum Gasteiger partial charge on any atom is 0.223 e. The van der Waals surface area contributed by atoms with Gasteiger partial charge in [0.2, 0.25) is 5.96 Å². The van der Waals surface area contributed by atoms with Gasteiger partial charge in [0.1, 0.15) is 11.8 Å². The van der Waals surface area contributed by atoms with Crippen LogP contribution in [0.4, 0.5) is 5.69 Å². The Kier molecular flexibility index (Phi) is 4.31. The fourth-order valence-corrected chi connectivity index (χ4v) is 1.89. The van der Waals surface area contributed by atoms with Gasteiger partial charge in [-0.2, -0.15) is 10.3 Å². The summed E-state index contributed by atoms with van der Waals surface area (Å²) in [4.78, 5) is 7.41. The van der Waals surface area contributed by atoms with Gasteiger partial charge in [-0.15, -0.1) is 0 Å². The molecular weight excluding hydrogens is 307 g/mol. The van der Waals surface area contributed by atoms with Crippen LogP contribution in [-0.4, -0.2) is 11.9 Å². The number of nitriles is 1. The van der Waals surface area contributed by atoms with Crippen molar-refractivity contribution < 1.29 is 0 Å². The van der Waals surface area contributed by atoms with E-state index in [1.807, 2.05) is 6.07 Å². The third-order valence-electron chi connectivity index (χ3n) is 1.62. The number of guanidine groups is 2. The van der Waals surface area contributed by atoms with Crippen LogP contribution in [0.1, 0.15) is 5.56 Å². The third kappa shape index (κ3) is 3.62. The first-order valence-corrected chi connectivity index (χ1v) is 5.44. The summed E-state index contributed by atoms with van der Waals surface area (Å²) >= 11 is 9.15. The van der Waals surface area contributed by atoms with Crippen LogP contribution in [-0.2, 0) is 0 Å². The van der Waals surface area contributed by atoms with Gasteiger partial charge in [-0.1, -0.05) is 27.5 Å². The Morgan fingerprint density at radius 3 is 2.53 bits per heavy atom. The van der Waals surface area contributed by atoms with Gasteiger partial charge < -0.3 is 17.2 Å². The van der Waals surface area contributed by atoms with Gasteiger partial charge in [0.15, 0.2) is 5.96 Å². The molecule has 1 aromatic carbocycles. The molecule has 6 N–H and O–H groups in total. The molecule has 0 heterocycles. The fraction of sp³-hybridized carbons (Fsp3) is 0. The number of nitrogens with zero attached hydrogens (tertiary/aromatic N) is 3. The lowest BCUT2D eigenvalue weighted by Crippen LogP contribution is -2.26. The van der Waals surface area contributed by atoms with Crippen molar-refractivity contribution in [3.63, 3.8) is 0 Å². The van der Waals surface area contributed by atoms with E-state index >= 15 is 0 Å². The highest BCUT2D eigenvalue weighted by Gasteiger charge is 2.08. The summed E-state index contributed by atoms with van der Waals surface area (Å²) in [5.74, 6) is -0.399. The first kappa shape index (κ1) is 13.3. The smallest absolute Gasteiger partial charge is 0.223 e. The third-order valence-corrected chi connectivity index (χ3v) is 2.36. The number of nitrogens with two attached hydrogens (primary N) is 3. The zero-order chi connectivity index (χ0) is 13.0. The van der Waals surface area contributed by atoms with E-state index in [4.69, 9.17) is 34.1 Å². The monoisotopic (exact) mass is 314 g/mol. The van der Waals surface area contributed by atoms with Crippen molar-refractivity contribution >= 4 is 45.1 Å². The molecule has 1 aromatic rings. The van der Waals surface area contributed by atoms with Crippen molar-refractivity contribution in [3.8, 4) is 6.07 Å². The SMILES string of the molecule is N#Cc1cc(Br)cc(Cl)c1N=C(N)N=C(N)N. The van der Waals surface area contributed by atoms with E-state index < -0.39 is 0 Å². The quantitative estimate of drug-likeness (QED) is 0.531. The fourth-order valence-electron chi connectivity index (χ4n) is 1.04. The molecule has 0 aliphatic heterocycles. The molecule has 0 atom stereocenters. The molecule has 0 aliphatic rings. The van der Waals surface area contributed by atoms with Gasteiger partial charge in [-0.3, -0.25) is 0 Å². The summed E-state index contributed by atoms with van der Waals surface area (Å²) < 4.78 is 0.665. The molecule has 17 heavy (non-hydrogen) atoms. The number of halogens is 2. The minimum absolute atomic E-state index is 0.175. The first-order chi connectivity index (χ1) is 7.93. The molecule has 0 aliphatic carbocycles. The minimum atomic E-state index is -0.224. The highest BCUT2D eigenvalue weighted by molar-refractivity contribution is 9.10. The standard InChI is InChI=1S/C9H8BrClN6/c10-5-1-4(3-12)7(6(11)2-5)16-9(15)17-8(13)14/h1-2H,(H6,13,14,15,16,17). The molecule has 0 spiro atoms. The lowest BCUT2D eigenvalue weighted by atomic mass is 10.2. The molecule has 8 heteroatoms. The second-order valence-electron chi connectivity index (χ2n) is 2.90. The summed E-state index contributed by atoms with van der Waals surface area (Å²) in [5.41, 5.74) is 16.2. The zero-order valence-corrected chi connectivity index (χ0v) is 10.8. The Morgan fingerprint density at radius 2 is 2.00 bits per heavy atom. The van der Waals surface area contributed by atoms with Crippen LogP contribution in [0.3, 0.4) is 0 Å². The van der Waals surface area contributed by atoms with Crippen molar-refractivity contribution in [2.45, 2.75) is 0 Å². The molecule has 1 rings (SSSR count). The number of rotatable bonds is 1. The van der Waals surface area contributed by atoms with Gasteiger partial charge in [-0.25, -0.2) is 4.99 Å². The van der Waals surface area contributed by atoms with Crippen molar-refractivity contribution in [1.82, 2.24) is 0 Å². The zero-order valence-electron chi connectivity index (χ0n) is 8.48. The molecule has 0 amide bonds. The number of benzene rings is 1. The van der Waals surface area contributed by atoms with Gasteiger partial charge in [0.05, 0.1) is 10.6 Å². The summed E-state index contributed by atoms with van der Waals surface area (Å²) in [6.45, 7) is 0. The lowest BCUT2D eigenvalue weighted by molar-refractivity contribution is 1.36. The Hall–Kier alpha value is -1.78. The van der Waals surface area contributed by atoms with Crippen LogP contribution in [0.5, 0.6) is 0 Å². The lowest BCUT2D eigenvalue weighted by Gasteiger charge is -2.02. The molecule has 0 aromatic heterocycles. The highest BCUT2D eigenvalue weighted by Crippen LogP contribution is 2.32. The van der Waals surface area contributed by atoms with Crippen LogP contribution in [0, 0.1) is 11.3 Å². The van der Waals surface area contributed by atoms with E-state index in [2.05, 4.69) is 25.9 Å². The normalized spacial score (nSPS) is 10.8. The topological polar surface area (TPSA) is 127 Å². The molecule has 0 unspecified atom stereocenters. The Labute approximate surface area is 111 Å². The predicted octanol–water partition coefficient (Wildman–Crippen LogP) is 1.19. The van der Waals surface area contributed by atoms with Crippen LogP contribution >= 0.6 is 27.5 Å². The van der Waals surface area contributed by atoms with Crippen LogP contribution in [0.15, 0.2) is 26.6 Å². The predicted molar refractivity (Wildman–Crippen MR) is 71.0 cm³/mol. The average molecular weight is 316 g/mol. The summed E-state index contributed by atoms with van der Waals surface area (Å²) in [5, 5.41) is 9.21. The number of aliphatic imine (C=N–C) groups is 2. The van der Waals surface area contributed by atoms with E-state index in [1.165, 1.54) is 0 Å². The Morgan fingerprint density at radius 1 is 1.35 bits per heavy atom. The summed E-state index contributed by atoms with van der Waals surface area (Å²) in [6.07, 6.45) is 0. The van der Waals surface area contributed by atoms with Gasteiger partial charge >= 0.3 is 0 Å². The van der Waals surface area contributed by atoms with Crippen molar-refractivity contribution in [2.24, 2.45) is 27.2 Å². The van der Waals surface area contributed by atoms with Crippen molar-refractivity contribution in [3.05, 3.63) is 27.2 Å². The maximum atomic E-state index is 8.94. The molecule has 88 valence electrons. The van der Waals surface area contributed by atoms with Crippen molar-refractivity contribution in [1.29, 1.82) is 5.26 Å². The van der Waals surface area contributed by atoms with Crippen LogP contribution in [0.25, 0.3) is 0 Å². The summed E-state index contributed by atoms with van der Waals surface area (Å²) in [7, 11) is 0. The molecular formula is C9H8BrClN6. The van der Waals surface area contributed by atoms with Crippen LogP contribution < -0.4 is 17.2 Å². The molecule has 0 bridgehead atoms. The first-order valence-electron chi connectivity index (χ1n) is 4.27. The highest BCUT2D eigenvalue weighted by atomic mass is 79.9. The molecule has 0 radical (unpaired) electrons. The Bertz CT molecular complexity index is 541. The average Bonchev–Trinajstić information content (AvgIpc) is 2.20. The minimum Gasteiger partial charge on any atom is -0.370 e. The molecule has 6 nitrogen and oxygen atoms in total. The summed E-state index contributed by atoms with van der Waals surface area (Å²) in [6, 6.07) is 5.10. The van der Waals surface area contributed by atoms with Gasteiger partial charge in [0.25, 0.3) is 0 Å². The van der Waals surface area contributed by atoms with Gasteiger partial charge in [-0.05, 0) is 12.1 Å². The molecule has 0 saturated carbocycles. The van der Waals surface area contributed by atoms with E-state index in [9.17, 15) is 0 Å². The molecule has 0 fully saturated rings. The number of hydrogen-bond acceptors (Lipinski definition) is 2. The van der Waals surface area contributed by atoms with Crippen LogP contribution in [0.2, 0.25) is 5.02 Å².